The summed E-state index contributed by atoms with van der Waals surface area (Å²) in [6.07, 6.45) is 4.65. The van der Waals surface area contributed by atoms with Gasteiger partial charge in [-0.2, -0.15) is 0 Å². The Labute approximate surface area is 126 Å². The van der Waals surface area contributed by atoms with E-state index < -0.39 is 0 Å². The molecule has 0 saturated carbocycles. The van der Waals surface area contributed by atoms with Crippen LogP contribution in [0, 0.1) is 25.7 Å². The molecule has 0 radical (unpaired) electrons. The third-order valence-electron chi connectivity index (χ3n) is 2.29. The molecule has 1 heterocycles. The molecule has 0 N–H and O–H groups in total. The van der Waals surface area contributed by atoms with Crippen molar-refractivity contribution in [2.75, 3.05) is 0 Å². The predicted molar refractivity (Wildman–Crippen MR) is 91.0 cm³/mol. The summed E-state index contributed by atoms with van der Waals surface area (Å²) in [6.45, 7) is 18.7. The molecule has 0 bridgehead atoms. The zero-order valence-corrected chi connectivity index (χ0v) is 14.9. The predicted octanol–water partition coefficient (Wildman–Crippen LogP) is 5.53. The van der Waals surface area contributed by atoms with Gasteiger partial charge >= 0.3 is 0 Å². The van der Waals surface area contributed by atoms with Gasteiger partial charge in [-0.05, 0) is 32.1 Å². The molecule has 3 nitrogen and oxygen atoms in total. The van der Waals surface area contributed by atoms with Crippen LogP contribution >= 0.6 is 0 Å². The summed E-state index contributed by atoms with van der Waals surface area (Å²) in [6, 6.07) is 0. The average Bonchev–Trinajstić information content (AvgIpc) is 2.39. The van der Waals surface area contributed by atoms with Crippen LogP contribution in [0.3, 0.4) is 0 Å². The van der Waals surface area contributed by atoms with E-state index in [0.29, 0.717) is 5.92 Å². The number of aliphatic imine (C=N–C) groups is 1. The van der Waals surface area contributed by atoms with Crippen LogP contribution in [0.2, 0.25) is 0 Å². The lowest BCUT2D eigenvalue weighted by Crippen LogP contribution is -1.94. The van der Waals surface area contributed by atoms with Gasteiger partial charge in [-0.25, -0.2) is 9.97 Å². The van der Waals surface area contributed by atoms with Crippen LogP contribution < -0.4 is 0 Å². The van der Waals surface area contributed by atoms with Crippen molar-refractivity contribution >= 4 is 11.9 Å². The maximum absolute atomic E-state index is 4.43. The van der Waals surface area contributed by atoms with E-state index in [9.17, 15) is 0 Å². The normalized spacial score (nSPS) is 11.5. The highest BCUT2D eigenvalue weighted by atomic mass is 14.9. The molecule has 0 saturated heterocycles. The van der Waals surface area contributed by atoms with Gasteiger partial charge in [0.25, 0.3) is 0 Å². The van der Waals surface area contributed by atoms with Gasteiger partial charge < -0.3 is 0 Å². The van der Waals surface area contributed by atoms with Gasteiger partial charge in [0.15, 0.2) is 0 Å². The zero-order valence-electron chi connectivity index (χ0n) is 14.9. The van der Waals surface area contributed by atoms with Crippen LogP contribution in [-0.2, 0) is 0 Å². The maximum Gasteiger partial charge on any atom is 0.116 e. The van der Waals surface area contributed by atoms with Crippen molar-refractivity contribution in [1.29, 1.82) is 0 Å². The molecular weight excluding hydrogens is 246 g/mol. The van der Waals surface area contributed by atoms with Crippen molar-refractivity contribution < 1.29 is 0 Å². The van der Waals surface area contributed by atoms with Crippen molar-refractivity contribution in [3.8, 4) is 0 Å². The topological polar surface area (TPSA) is 38.1 Å². The Morgan fingerprint density at radius 3 is 1.80 bits per heavy atom. The minimum atomic E-state index is 0.508. The van der Waals surface area contributed by atoms with Crippen molar-refractivity contribution in [2.24, 2.45) is 16.8 Å². The largest absolute Gasteiger partial charge is 0.257 e. The van der Waals surface area contributed by atoms with E-state index in [1.54, 1.807) is 6.33 Å². The van der Waals surface area contributed by atoms with Crippen LogP contribution in [0.4, 0.5) is 5.69 Å². The minimum absolute atomic E-state index is 0.508. The number of rotatable bonds is 3. The van der Waals surface area contributed by atoms with E-state index >= 15 is 0 Å². The summed E-state index contributed by atoms with van der Waals surface area (Å²) >= 11 is 0. The van der Waals surface area contributed by atoms with Gasteiger partial charge in [-0.1, -0.05) is 48.5 Å². The van der Waals surface area contributed by atoms with E-state index in [1.165, 1.54) is 0 Å². The second kappa shape index (κ2) is 12.8. The highest BCUT2D eigenvalue weighted by Crippen LogP contribution is 2.18. The fraction of sp³-hybridized carbons (Fsp3) is 0.706. The molecule has 1 aromatic heterocycles. The molecule has 20 heavy (non-hydrogen) atoms. The average molecular weight is 279 g/mol. The highest BCUT2D eigenvalue weighted by molar-refractivity contribution is 5.66. The van der Waals surface area contributed by atoms with Crippen molar-refractivity contribution in [2.45, 2.75) is 68.7 Å². The molecule has 1 atom stereocenters. The first kappa shape index (κ1) is 21.1. The van der Waals surface area contributed by atoms with Gasteiger partial charge in [-0.15, -0.1) is 0 Å². The first-order chi connectivity index (χ1) is 9.38. The molecule has 0 amide bonds. The standard InChI is InChI=1S/C11H17N3.C4H10.C2H6/c1-5-8(2)6-12-11-9(3)13-7-14-10(11)4;1-4(2)3;1-2/h6-8H,5H2,1-4H3;4H,1-3H3;1-2H3. The Bertz CT molecular complexity index is 347. The van der Waals surface area contributed by atoms with Crippen molar-refractivity contribution in [3.63, 3.8) is 0 Å². The van der Waals surface area contributed by atoms with Crippen LogP contribution in [0.1, 0.15) is 66.3 Å². The van der Waals surface area contributed by atoms with Crippen LogP contribution in [0.15, 0.2) is 11.3 Å². The molecule has 1 aromatic rings. The molecule has 0 aliphatic carbocycles. The Morgan fingerprint density at radius 2 is 1.45 bits per heavy atom. The summed E-state index contributed by atoms with van der Waals surface area (Å²) in [7, 11) is 0. The summed E-state index contributed by atoms with van der Waals surface area (Å²) in [5.41, 5.74) is 2.79. The van der Waals surface area contributed by atoms with E-state index in [-0.39, 0.29) is 0 Å². The van der Waals surface area contributed by atoms with Crippen LogP contribution in [0.25, 0.3) is 0 Å². The molecule has 3 heteroatoms. The molecule has 0 spiro atoms. The monoisotopic (exact) mass is 279 g/mol. The maximum atomic E-state index is 4.43. The lowest BCUT2D eigenvalue weighted by Gasteiger charge is -2.03. The lowest BCUT2D eigenvalue weighted by atomic mass is 10.1. The molecule has 0 fully saturated rings. The molecule has 116 valence electrons. The van der Waals surface area contributed by atoms with E-state index in [0.717, 1.165) is 29.4 Å². The number of aromatic nitrogens is 2. The van der Waals surface area contributed by atoms with Crippen molar-refractivity contribution in [1.82, 2.24) is 9.97 Å². The number of hydrogen-bond acceptors (Lipinski definition) is 3. The van der Waals surface area contributed by atoms with E-state index in [1.807, 2.05) is 33.9 Å². The number of nitrogens with zero attached hydrogens (tertiary/aromatic N) is 3. The third-order valence-corrected chi connectivity index (χ3v) is 2.29. The second-order valence-corrected chi connectivity index (χ2v) is 5.29. The van der Waals surface area contributed by atoms with Gasteiger partial charge in [0, 0.05) is 6.21 Å². The summed E-state index contributed by atoms with van der Waals surface area (Å²) < 4.78 is 0. The van der Waals surface area contributed by atoms with E-state index in [2.05, 4.69) is 49.6 Å². The SMILES string of the molecule is CC.CC(C)C.CCC(C)C=Nc1c(C)ncnc1C. The number of aryl methyl sites for hydroxylation is 2. The Morgan fingerprint density at radius 1 is 1.05 bits per heavy atom. The third kappa shape index (κ3) is 10.7. The zero-order chi connectivity index (χ0) is 16.1. The summed E-state index contributed by atoms with van der Waals surface area (Å²) in [4.78, 5) is 12.7. The van der Waals surface area contributed by atoms with Gasteiger partial charge in [-0.3, -0.25) is 4.99 Å². The Balaban J connectivity index is 0. The smallest absolute Gasteiger partial charge is 0.116 e. The number of hydrogen-bond donors (Lipinski definition) is 0. The van der Waals surface area contributed by atoms with Crippen molar-refractivity contribution in [3.05, 3.63) is 17.7 Å². The Kier molecular flexibility index (Phi) is 13.4. The quantitative estimate of drug-likeness (QED) is 0.682. The van der Waals surface area contributed by atoms with Gasteiger partial charge in [0.05, 0.1) is 11.4 Å². The fourth-order valence-electron chi connectivity index (χ4n) is 1.08. The fourth-order valence-corrected chi connectivity index (χ4v) is 1.08. The molecule has 1 rings (SSSR count). The molecule has 0 aliphatic heterocycles. The van der Waals surface area contributed by atoms with Gasteiger partial charge in [0.1, 0.15) is 12.0 Å². The summed E-state index contributed by atoms with van der Waals surface area (Å²) in [5, 5.41) is 0. The van der Waals surface area contributed by atoms with Gasteiger partial charge in [0.2, 0.25) is 0 Å². The molecular formula is C17H33N3. The first-order valence-corrected chi connectivity index (χ1v) is 7.70. The minimum Gasteiger partial charge on any atom is -0.257 e. The second-order valence-electron chi connectivity index (χ2n) is 5.29. The van der Waals surface area contributed by atoms with Crippen LogP contribution in [-0.4, -0.2) is 16.2 Å². The molecule has 0 aromatic carbocycles. The summed E-state index contributed by atoms with van der Waals surface area (Å²) in [5.74, 6) is 1.34. The Hall–Kier alpha value is -1.25. The highest BCUT2D eigenvalue weighted by Gasteiger charge is 2.02. The van der Waals surface area contributed by atoms with Crippen LogP contribution in [0.5, 0.6) is 0 Å². The molecule has 1 unspecified atom stereocenters. The first-order valence-electron chi connectivity index (χ1n) is 7.70. The van der Waals surface area contributed by atoms with E-state index in [4.69, 9.17) is 0 Å². The lowest BCUT2D eigenvalue weighted by molar-refractivity contribution is 0.737. The molecule has 0 aliphatic rings.